The summed E-state index contributed by atoms with van der Waals surface area (Å²) in [6.07, 6.45) is 2.29. The Hall–Kier alpha value is -2.15. The molecule has 0 saturated heterocycles. The minimum Gasteiger partial charge on any atom is -0.494 e. The van der Waals surface area contributed by atoms with Crippen LogP contribution in [0, 0.1) is 5.82 Å². The Bertz CT molecular complexity index is 617. The van der Waals surface area contributed by atoms with Gasteiger partial charge in [-0.3, -0.25) is 14.5 Å². The number of benzene rings is 1. The Labute approximate surface area is 147 Å². The van der Waals surface area contributed by atoms with Crippen molar-refractivity contribution in [1.29, 1.82) is 0 Å². The number of likely N-dealkylation sites (N-methyl/N-ethyl adjacent to an activating group) is 1. The average molecular weight is 352 g/mol. The zero-order chi connectivity index (χ0) is 18.4. The SMILES string of the molecule is CCN(CC(=O)O)C1CC(NC(=O)CCc2ccc(OC)c(F)c2)C1. The zero-order valence-electron chi connectivity index (χ0n) is 14.6. The van der Waals surface area contributed by atoms with Gasteiger partial charge >= 0.3 is 5.97 Å². The maximum atomic E-state index is 13.6. The summed E-state index contributed by atoms with van der Waals surface area (Å²) in [5.41, 5.74) is 0.749. The molecule has 0 heterocycles. The van der Waals surface area contributed by atoms with Crippen molar-refractivity contribution in [3.8, 4) is 5.75 Å². The van der Waals surface area contributed by atoms with Crippen LogP contribution in [0.25, 0.3) is 0 Å². The van der Waals surface area contributed by atoms with E-state index in [1.54, 1.807) is 12.1 Å². The quantitative estimate of drug-likeness (QED) is 0.709. The van der Waals surface area contributed by atoms with Crippen molar-refractivity contribution >= 4 is 11.9 Å². The van der Waals surface area contributed by atoms with Crippen LogP contribution in [-0.4, -0.2) is 54.2 Å². The van der Waals surface area contributed by atoms with E-state index in [1.807, 2.05) is 11.8 Å². The van der Waals surface area contributed by atoms with Crippen molar-refractivity contribution in [2.24, 2.45) is 0 Å². The molecular weight excluding hydrogens is 327 g/mol. The van der Waals surface area contributed by atoms with Crippen LogP contribution in [-0.2, 0) is 16.0 Å². The third-order valence-corrected chi connectivity index (χ3v) is 4.60. The number of methoxy groups -OCH3 is 1. The molecule has 1 aromatic carbocycles. The molecule has 2 N–H and O–H groups in total. The summed E-state index contributed by atoms with van der Waals surface area (Å²) >= 11 is 0. The van der Waals surface area contributed by atoms with Crippen molar-refractivity contribution in [3.63, 3.8) is 0 Å². The van der Waals surface area contributed by atoms with E-state index in [4.69, 9.17) is 9.84 Å². The third-order valence-electron chi connectivity index (χ3n) is 4.60. The van der Waals surface area contributed by atoms with E-state index in [-0.39, 0.29) is 30.3 Å². The molecular formula is C18H25FN2O4. The van der Waals surface area contributed by atoms with Crippen LogP contribution >= 0.6 is 0 Å². The summed E-state index contributed by atoms with van der Waals surface area (Å²) in [6, 6.07) is 4.99. The average Bonchev–Trinajstić information content (AvgIpc) is 2.54. The number of nitrogens with zero attached hydrogens (tertiary/aromatic N) is 1. The number of carboxylic acid groups (broad SMARTS) is 1. The number of carboxylic acids is 1. The van der Waals surface area contributed by atoms with Crippen molar-refractivity contribution in [3.05, 3.63) is 29.6 Å². The van der Waals surface area contributed by atoms with E-state index in [1.165, 1.54) is 13.2 Å². The van der Waals surface area contributed by atoms with Gasteiger partial charge in [-0.15, -0.1) is 0 Å². The number of hydrogen-bond donors (Lipinski definition) is 2. The first-order valence-corrected chi connectivity index (χ1v) is 8.50. The molecule has 0 unspecified atom stereocenters. The normalized spacial score (nSPS) is 19.4. The Morgan fingerprint density at radius 1 is 1.40 bits per heavy atom. The Kier molecular flexibility index (Phi) is 6.75. The number of carbonyl (C=O) groups is 2. The lowest BCUT2D eigenvalue weighted by Crippen LogP contribution is -2.54. The van der Waals surface area contributed by atoms with Gasteiger partial charge in [0.25, 0.3) is 0 Å². The molecule has 0 atom stereocenters. The number of nitrogens with one attached hydrogen (secondary N) is 1. The standard InChI is InChI=1S/C18H25FN2O4/c1-3-21(11-18(23)24)14-9-13(10-14)20-17(22)7-5-12-4-6-16(25-2)15(19)8-12/h4,6,8,13-14H,3,5,7,9-11H2,1-2H3,(H,20,22)(H,23,24). The van der Waals surface area contributed by atoms with Crippen molar-refractivity contribution in [2.45, 2.75) is 44.7 Å². The number of carbonyl (C=O) groups excluding carboxylic acids is 1. The molecule has 2 rings (SSSR count). The molecule has 1 amide bonds. The molecule has 1 saturated carbocycles. The molecule has 1 aliphatic carbocycles. The van der Waals surface area contributed by atoms with Gasteiger partial charge in [0.05, 0.1) is 13.7 Å². The predicted molar refractivity (Wildman–Crippen MR) is 91.1 cm³/mol. The molecule has 1 fully saturated rings. The lowest BCUT2D eigenvalue weighted by molar-refractivity contribution is -0.139. The Morgan fingerprint density at radius 3 is 2.68 bits per heavy atom. The second-order valence-corrected chi connectivity index (χ2v) is 6.32. The lowest BCUT2D eigenvalue weighted by atomic mass is 9.85. The van der Waals surface area contributed by atoms with Crippen molar-refractivity contribution in [1.82, 2.24) is 10.2 Å². The van der Waals surface area contributed by atoms with Gasteiger partial charge in [-0.25, -0.2) is 4.39 Å². The molecule has 0 aliphatic heterocycles. The smallest absolute Gasteiger partial charge is 0.317 e. The second-order valence-electron chi connectivity index (χ2n) is 6.32. The van der Waals surface area contributed by atoms with Gasteiger partial charge in [-0.1, -0.05) is 13.0 Å². The van der Waals surface area contributed by atoms with E-state index >= 15 is 0 Å². The highest BCUT2D eigenvalue weighted by molar-refractivity contribution is 5.76. The number of halogens is 1. The molecule has 25 heavy (non-hydrogen) atoms. The largest absolute Gasteiger partial charge is 0.494 e. The van der Waals surface area contributed by atoms with Crippen LogP contribution in [0.15, 0.2) is 18.2 Å². The van der Waals surface area contributed by atoms with Gasteiger partial charge < -0.3 is 15.2 Å². The fourth-order valence-electron chi connectivity index (χ4n) is 3.10. The van der Waals surface area contributed by atoms with Gasteiger partial charge in [-0.2, -0.15) is 0 Å². The van der Waals surface area contributed by atoms with Gasteiger partial charge in [0, 0.05) is 18.5 Å². The van der Waals surface area contributed by atoms with Gasteiger partial charge in [0.1, 0.15) is 0 Å². The topological polar surface area (TPSA) is 78.9 Å². The molecule has 1 aliphatic rings. The molecule has 7 heteroatoms. The lowest BCUT2D eigenvalue weighted by Gasteiger charge is -2.42. The van der Waals surface area contributed by atoms with E-state index in [2.05, 4.69) is 5.32 Å². The fraction of sp³-hybridized carbons (Fsp3) is 0.556. The zero-order valence-corrected chi connectivity index (χ0v) is 14.6. The summed E-state index contributed by atoms with van der Waals surface area (Å²) in [5, 5.41) is 11.8. The molecule has 138 valence electrons. The summed E-state index contributed by atoms with van der Waals surface area (Å²) in [5.74, 6) is -1.14. The Balaban J connectivity index is 1.71. The number of rotatable bonds is 9. The maximum absolute atomic E-state index is 13.6. The van der Waals surface area contributed by atoms with E-state index in [0.29, 0.717) is 19.4 Å². The minimum atomic E-state index is -0.832. The van der Waals surface area contributed by atoms with Gasteiger partial charge in [-0.05, 0) is 43.5 Å². The molecule has 0 radical (unpaired) electrons. The molecule has 1 aromatic rings. The first-order chi connectivity index (χ1) is 11.9. The van der Waals surface area contributed by atoms with Crippen molar-refractivity contribution < 1.29 is 23.8 Å². The van der Waals surface area contributed by atoms with E-state index in [9.17, 15) is 14.0 Å². The highest BCUT2D eigenvalue weighted by Crippen LogP contribution is 2.25. The summed E-state index contributed by atoms with van der Waals surface area (Å²) in [4.78, 5) is 24.7. The summed E-state index contributed by atoms with van der Waals surface area (Å²) in [6.45, 7) is 2.65. The fourth-order valence-corrected chi connectivity index (χ4v) is 3.10. The van der Waals surface area contributed by atoms with Crippen LogP contribution in [0.3, 0.4) is 0 Å². The molecule has 0 spiro atoms. The third kappa shape index (κ3) is 5.42. The van der Waals surface area contributed by atoms with E-state index < -0.39 is 11.8 Å². The van der Waals surface area contributed by atoms with Crippen LogP contribution < -0.4 is 10.1 Å². The highest BCUT2D eigenvalue weighted by atomic mass is 19.1. The number of aliphatic carboxylic acids is 1. The summed E-state index contributed by atoms with van der Waals surface area (Å²) in [7, 11) is 1.41. The number of amides is 1. The maximum Gasteiger partial charge on any atom is 0.317 e. The monoisotopic (exact) mass is 352 g/mol. The first kappa shape index (κ1) is 19.2. The second kappa shape index (κ2) is 8.80. The van der Waals surface area contributed by atoms with Gasteiger partial charge in [0.2, 0.25) is 5.91 Å². The van der Waals surface area contributed by atoms with Crippen LogP contribution in [0.2, 0.25) is 0 Å². The Morgan fingerprint density at radius 2 is 2.12 bits per heavy atom. The van der Waals surface area contributed by atoms with E-state index in [0.717, 1.165) is 18.4 Å². The van der Waals surface area contributed by atoms with Crippen LogP contribution in [0.1, 0.15) is 31.7 Å². The number of aryl methyl sites for hydroxylation is 1. The van der Waals surface area contributed by atoms with Crippen molar-refractivity contribution in [2.75, 3.05) is 20.2 Å². The molecule has 6 nitrogen and oxygen atoms in total. The van der Waals surface area contributed by atoms with Crippen LogP contribution in [0.5, 0.6) is 5.75 Å². The predicted octanol–water partition coefficient (Wildman–Crippen LogP) is 1.82. The number of hydrogen-bond acceptors (Lipinski definition) is 4. The van der Waals surface area contributed by atoms with Gasteiger partial charge in [0.15, 0.2) is 11.6 Å². The minimum absolute atomic E-state index is 0.0326. The first-order valence-electron chi connectivity index (χ1n) is 8.50. The van der Waals surface area contributed by atoms with Crippen LogP contribution in [0.4, 0.5) is 4.39 Å². The molecule has 0 bridgehead atoms. The summed E-state index contributed by atoms with van der Waals surface area (Å²) < 4.78 is 18.5. The molecule has 0 aromatic heterocycles. The number of ether oxygens (including phenoxy) is 1. The highest BCUT2D eigenvalue weighted by Gasteiger charge is 2.34.